The Bertz CT molecular complexity index is 1360. The highest BCUT2D eigenvalue weighted by Gasteiger charge is 2.35. The number of imide groups is 1. The summed E-state index contributed by atoms with van der Waals surface area (Å²) < 4.78 is 12.7. The van der Waals surface area contributed by atoms with Gasteiger partial charge in [-0.1, -0.05) is 35.9 Å². The molecule has 0 N–H and O–H groups in total. The fourth-order valence-electron chi connectivity index (χ4n) is 3.26. The Morgan fingerprint density at radius 3 is 2.49 bits per heavy atom. The van der Waals surface area contributed by atoms with Crippen molar-refractivity contribution >= 4 is 91.7 Å². The molecule has 1 aliphatic heterocycles. The Hall–Kier alpha value is -2.09. The number of amides is 2. The van der Waals surface area contributed by atoms with Crippen LogP contribution in [0.25, 0.3) is 6.08 Å². The van der Waals surface area contributed by atoms with Gasteiger partial charge in [0.05, 0.1) is 32.7 Å². The molecule has 0 saturated carbocycles. The van der Waals surface area contributed by atoms with E-state index in [1.807, 2.05) is 46.9 Å². The molecule has 0 unspecified atom stereocenters. The van der Waals surface area contributed by atoms with E-state index in [0.29, 0.717) is 19.8 Å². The molecule has 35 heavy (non-hydrogen) atoms. The molecule has 3 aromatic rings. The Kier molecular flexibility index (Phi) is 8.40. The van der Waals surface area contributed by atoms with Gasteiger partial charge in [-0.05, 0) is 111 Å². The van der Waals surface area contributed by atoms with E-state index < -0.39 is 5.97 Å². The van der Waals surface area contributed by atoms with E-state index in [4.69, 9.17) is 21.1 Å². The number of ether oxygens (including phenoxy) is 2. The second-order valence-electron chi connectivity index (χ2n) is 7.30. The van der Waals surface area contributed by atoms with Crippen molar-refractivity contribution in [2.75, 3.05) is 7.11 Å². The third kappa shape index (κ3) is 6.01. The van der Waals surface area contributed by atoms with Gasteiger partial charge in [-0.25, -0.2) is 4.79 Å². The van der Waals surface area contributed by atoms with E-state index in [9.17, 15) is 14.4 Å². The minimum atomic E-state index is -0.615. The summed E-state index contributed by atoms with van der Waals surface area (Å²) >= 11 is 11.2. The van der Waals surface area contributed by atoms with Gasteiger partial charge in [0.1, 0.15) is 0 Å². The molecule has 1 heterocycles. The van der Waals surface area contributed by atoms with Gasteiger partial charge in [0.25, 0.3) is 11.1 Å². The van der Waals surface area contributed by atoms with Crippen molar-refractivity contribution in [2.24, 2.45) is 0 Å². The van der Waals surface area contributed by atoms with Crippen LogP contribution in [-0.4, -0.2) is 29.1 Å². The number of methoxy groups -OCH3 is 1. The third-order valence-electron chi connectivity index (χ3n) is 4.97. The molecule has 178 valence electrons. The van der Waals surface area contributed by atoms with Crippen LogP contribution in [-0.2, 0) is 11.3 Å². The van der Waals surface area contributed by atoms with Crippen molar-refractivity contribution in [1.29, 1.82) is 0 Å². The summed E-state index contributed by atoms with van der Waals surface area (Å²) in [5.41, 5.74) is 1.73. The largest absolute Gasteiger partial charge is 0.493 e. The predicted octanol–water partition coefficient (Wildman–Crippen LogP) is 7.01. The molecule has 0 aromatic heterocycles. The van der Waals surface area contributed by atoms with Gasteiger partial charge in [0.2, 0.25) is 0 Å². The lowest BCUT2D eigenvalue weighted by Crippen LogP contribution is -2.27. The number of nitrogens with zero attached hydrogens (tertiary/aromatic N) is 1. The Labute approximate surface area is 238 Å². The number of carbonyl (C=O) groups excluding carboxylic acids is 3. The van der Waals surface area contributed by atoms with Crippen molar-refractivity contribution in [3.8, 4) is 11.5 Å². The van der Waals surface area contributed by atoms with Crippen LogP contribution in [0.3, 0.4) is 0 Å². The molecule has 0 atom stereocenters. The van der Waals surface area contributed by atoms with Crippen molar-refractivity contribution in [3.63, 3.8) is 0 Å². The monoisotopic (exact) mass is 731 g/mol. The maximum Gasteiger partial charge on any atom is 0.345 e. The van der Waals surface area contributed by atoms with Crippen LogP contribution < -0.4 is 9.47 Å². The van der Waals surface area contributed by atoms with Crippen LogP contribution in [0.5, 0.6) is 11.5 Å². The van der Waals surface area contributed by atoms with Crippen molar-refractivity contribution in [3.05, 3.63) is 94.4 Å². The fraction of sp³-hybridized carbons (Fsp3) is 0.0800. The normalized spacial score (nSPS) is 14.5. The van der Waals surface area contributed by atoms with Crippen LogP contribution in [0.2, 0.25) is 5.02 Å². The number of carbonyl (C=O) groups is 3. The summed E-state index contributed by atoms with van der Waals surface area (Å²) in [6.07, 6.45) is 1.63. The van der Waals surface area contributed by atoms with E-state index in [2.05, 4.69) is 22.6 Å². The van der Waals surface area contributed by atoms with E-state index in [1.165, 1.54) is 12.0 Å². The molecule has 2 amide bonds. The summed E-state index contributed by atoms with van der Waals surface area (Å²) in [6.45, 7) is 0.205. The molecule has 1 aliphatic rings. The van der Waals surface area contributed by atoms with E-state index >= 15 is 0 Å². The zero-order chi connectivity index (χ0) is 25.1. The highest BCUT2D eigenvalue weighted by atomic mass is 127. The van der Waals surface area contributed by atoms with E-state index in [-0.39, 0.29) is 34.0 Å². The number of thioether (sulfide) groups is 1. The zero-order valence-corrected chi connectivity index (χ0v) is 24.0. The molecule has 1 fully saturated rings. The van der Waals surface area contributed by atoms with Gasteiger partial charge >= 0.3 is 5.97 Å². The summed E-state index contributed by atoms with van der Waals surface area (Å²) in [6, 6.07) is 17.6. The number of esters is 1. The number of benzene rings is 3. The Morgan fingerprint density at radius 1 is 1.09 bits per heavy atom. The maximum absolute atomic E-state index is 12.9. The minimum absolute atomic E-state index is 0.205. The highest BCUT2D eigenvalue weighted by Crippen LogP contribution is 2.38. The molecular weight excluding hydrogens is 716 g/mol. The first kappa shape index (κ1) is 26.0. The zero-order valence-electron chi connectivity index (χ0n) is 18.1. The lowest BCUT2D eigenvalue weighted by Gasteiger charge is -2.13. The fourth-order valence-corrected chi connectivity index (χ4v) is 5.40. The Morgan fingerprint density at radius 2 is 1.80 bits per heavy atom. The number of rotatable bonds is 6. The first-order valence-electron chi connectivity index (χ1n) is 10.1. The Balaban J connectivity index is 1.57. The van der Waals surface area contributed by atoms with Crippen LogP contribution in [0.15, 0.2) is 65.6 Å². The smallest absolute Gasteiger partial charge is 0.345 e. The van der Waals surface area contributed by atoms with Gasteiger partial charge in [0.15, 0.2) is 11.5 Å². The minimum Gasteiger partial charge on any atom is -0.493 e. The summed E-state index contributed by atoms with van der Waals surface area (Å²) in [5.74, 6) is -0.429. The number of hydrogen-bond donors (Lipinski definition) is 0. The highest BCUT2D eigenvalue weighted by molar-refractivity contribution is 14.1. The van der Waals surface area contributed by atoms with Gasteiger partial charge in [-0.15, -0.1) is 0 Å². The van der Waals surface area contributed by atoms with Gasteiger partial charge in [0, 0.05) is 3.57 Å². The summed E-state index contributed by atoms with van der Waals surface area (Å²) in [5, 5.41) is -0.0455. The van der Waals surface area contributed by atoms with Gasteiger partial charge in [-0.2, -0.15) is 0 Å². The SMILES string of the molecule is COc1cc(/C=C2\SC(=O)N(Cc3ccc(I)cc3)C2=O)cc(I)c1OC(=O)c1ccccc1Cl. The van der Waals surface area contributed by atoms with Crippen LogP contribution in [0.4, 0.5) is 4.79 Å². The summed E-state index contributed by atoms with van der Waals surface area (Å²) in [4.78, 5) is 39.6. The number of halogens is 3. The van der Waals surface area contributed by atoms with Crippen LogP contribution in [0.1, 0.15) is 21.5 Å². The molecule has 4 rings (SSSR count). The molecule has 0 spiro atoms. The average molecular weight is 732 g/mol. The molecule has 1 saturated heterocycles. The lowest BCUT2D eigenvalue weighted by molar-refractivity contribution is -0.123. The second-order valence-corrected chi connectivity index (χ2v) is 11.1. The molecule has 3 aromatic carbocycles. The van der Waals surface area contributed by atoms with Crippen LogP contribution >= 0.6 is 68.5 Å². The average Bonchev–Trinajstić information content (AvgIpc) is 3.09. The molecule has 0 radical (unpaired) electrons. The predicted molar refractivity (Wildman–Crippen MR) is 153 cm³/mol. The number of hydrogen-bond acceptors (Lipinski definition) is 6. The maximum atomic E-state index is 12.9. The first-order chi connectivity index (χ1) is 16.8. The van der Waals surface area contributed by atoms with Crippen LogP contribution in [0, 0.1) is 7.14 Å². The van der Waals surface area contributed by atoms with E-state index in [0.717, 1.165) is 20.9 Å². The first-order valence-corrected chi connectivity index (χ1v) is 13.5. The van der Waals surface area contributed by atoms with E-state index in [1.54, 1.807) is 42.5 Å². The third-order valence-corrected chi connectivity index (χ3v) is 7.72. The van der Waals surface area contributed by atoms with Crippen molar-refractivity contribution in [2.45, 2.75) is 6.54 Å². The quantitative estimate of drug-likeness (QED) is 0.118. The van der Waals surface area contributed by atoms with Crippen molar-refractivity contribution in [1.82, 2.24) is 4.90 Å². The van der Waals surface area contributed by atoms with Crippen molar-refractivity contribution < 1.29 is 23.9 Å². The molecule has 0 aliphatic carbocycles. The van der Waals surface area contributed by atoms with Gasteiger partial charge in [-0.3, -0.25) is 14.5 Å². The van der Waals surface area contributed by atoms with Gasteiger partial charge < -0.3 is 9.47 Å². The lowest BCUT2D eigenvalue weighted by atomic mass is 10.1. The molecular formula is C25H16ClI2NO5S. The summed E-state index contributed by atoms with van der Waals surface area (Å²) in [7, 11) is 1.46. The standard InChI is InChI=1S/C25H16ClI2NO5S/c1-33-20-11-15(10-19(28)22(20)34-24(31)17-4-2-3-5-18(17)26)12-21-23(30)29(25(32)35-21)13-14-6-8-16(27)9-7-14/h2-12H,13H2,1H3/b21-12-. The molecule has 0 bridgehead atoms. The molecule has 6 nitrogen and oxygen atoms in total. The molecule has 10 heteroatoms. The second kappa shape index (κ2) is 11.3. The topological polar surface area (TPSA) is 72.9 Å².